The van der Waals surface area contributed by atoms with Crippen molar-refractivity contribution in [2.75, 3.05) is 7.11 Å². The SMILES string of the molecule is COc1ccc(-n2ccnc2C(Sc2ccc(Cl)cc2)c2cc(F)ccc2F)cc1. The molecule has 1 aromatic heterocycles. The highest BCUT2D eigenvalue weighted by Gasteiger charge is 2.25. The summed E-state index contributed by atoms with van der Waals surface area (Å²) in [5, 5.41) is 0.0200. The lowest BCUT2D eigenvalue weighted by atomic mass is 10.1. The van der Waals surface area contributed by atoms with Crippen LogP contribution in [0.5, 0.6) is 5.75 Å². The largest absolute Gasteiger partial charge is 0.497 e. The van der Waals surface area contributed by atoms with Crippen molar-refractivity contribution >= 4 is 23.4 Å². The Bertz CT molecular complexity index is 1150. The first-order chi connectivity index (χ1) is 14.5. The zero-order chi connectivity index (χ0) is 21.1. The standard InChI is InChI=1S/C23H17ClF2N2OS/c1-29-18-7-5-17(6-8-18)28-13-12-27-23(28)22(20-14-16(25)4-11-21(20)26)30-19-9-2-15(24)3-10-19/h2-14,22H,1H3. The van der Waals surface area contributed by atoms with E-state index in [9.17, 15) is 8.78 Å². The molecule has 0 bridgehead atoms. The van der Waals surface area contributed by atoms with Crippen LogP contribution in [-0.4, -0.2) is 16.7 Å². The molecule has 1 heterocycles. The molecule has 30 heavy (non-hydrogen) atoms. The molecule has 0 fully saturated rings. The third kappa shape index (κ3) is 4.35. The molecule has 1 unspecified atom stereocenters. The molecule has 0 aliphatic rings. The molecule has 0 saturated heterocycles. The van der Waals surface area contributed by atoms with Gasteiger partial charge in [-0.15, -0.1) is 11.8 Å². The van der Waals surface area contributed by atoms with E-state index in [1.54, 1.807) is 31.6 Å². The predicted octanol–water partition coefficient (Wildman–Crippen LogP) is 6.69. The van der Waals surface area contributed by atoms with Gasteiger partial charge in [-0.1, -0.05) is 11.6 Å². The fourth-order valence-corrected chi connectivity index (χ4v) is 4.37. The van der Waals surface area contributed by atoms with Crippen molar-refractivity contribution in [3.05, 3.63) is 107 Å². The first kappa shape index (κ1) is 20.4. The first-order valence-corrected chi connectivity index (χ1v) is 10.4. The van der Waals surface area contributed by atoms with Gasteiger partial charge < -0.3 is 9.30 Å². The minimum atomic E-state index is -0.584. The Balaban J connectivity index is 1.81. The number of thioether (sulfide) groups is 1. The lowest BCUT2D eigenvalue weighted by Crippen LogP contribution is -2.08. The number of aromatic nitrogens is 2. The number of benzene rings is 3. The van der Waals surface area contributed by atoms with E-state index in [0.29, 0.717) is 10.8 Å². The molecule has 0 aliphatic carbocycles. The maximum absolute atomic E-state index is 14.8. The van der Waals surface area contributed by atoms with Crippen molar-refractivity contribution in [1.82, 2.24) is 9.55 Å². The third-order valence-corrected chi connectivity index (χ3v) is 6.06. The minimum Gasteiger partial charge on any atom is -0.497 e. The Labute approximate surface area is 182 Å². The smallest absolute Gasteiger partial charge is 0.131 e. The van der Waals surface area contributed by atoms with Crippen LogP contribution >= 0.6 is 23.4 Å². The molecule has 1 atom stereocenters. The Morgan fingerprint density at radius 2 is 1.73 bits per heavy atom. The van der Waals surface area contributed by atoms with Crippen molar-refractivity contribution in [2.45, 2.75) is 10.1 Å². The second-order valence-electron chi connectivity index (χ2n) is 6.47. The van der Waals surface area contributed by atoms with Gasteiger partial charge in [0.05, 0.1) is 12.4 Å². The molecular weight excluding hydrogens is 426 g/mol. The average Bonchev–Trinajstić information content (AvgIpc) is 3.25. The molecule has 0 spiro atoms. The van der Waals surface area contributed by atoms with E-state index in [1.807, 2.05) is 41.0 Å². The lowest BCUT2D eigenvalue weighted by molar-refractivity contribution is 0.414. The van der Waals surface area contributed by atoms with Crippen LogP contribution in [0.4, 0.5) is 8.78 Å². The van der Waals surface area contributed by atoms with E-state index in [2.05, 4.69) is 4.98 Å². The highest BCUT2D eigenvalue weighted by atomic mass is 35.5. The summed E-state index contributed by atoms with van der Waals surface area (Å²) in [6.07, 6.45) is 3.44. The second-order valence-corrected chi connectivity index (χ2v) is 8.09. The van der Waals surface area contributed by atoms with Gasteiger partial charge in [-0.3, -0.25) is 0 Å². The van der Waals surface area contributed by atoms with Gasteiger partial charge in [-0.05, 0) is 66.7 Å². The van der Waals surface area contributed by atoms with Crippen molar-refractivity contribution in [3.63, 3.8) is 0 Å². The summed E-state index contributed by atoms with van der Waals surface area (Å²) in [5.74, 6) is 0.302. The Hall–Kier alpha value is -2.83. The van der Waals surface area contributed by atoms with Gasteiger partial charge in [0, 0.05) is 33.6 Å². The van der Waals surface area contributed by atoms with Crippen LogP contribution in [0.15, 0.2) is 84.0 Å². The Morgan fingerprint density at radius 1 is 1.00 bits per heavy atom. The van der Waals surface area contributed by atoms with E-state index in [1.165, 1.54) is 17.8 Å². The topological polar surface area (TPSA) is 27.1 Å². The van der Waals surface area contributed by atoms with Gasteiger partial charge in [0.2, 0.25) is 0 Å². The number of rotatable bonds is 6. The molecule has 3 nitrogen and oxygen atoms in total. The summed E-state index contributed by atoms with van der Waals surface area (Å²) in [5.41, 5.74) is 1.05. The highest BCUT2D eigenvalue weighted by Crippen LogP contribution is 2.42. The van der Waals surface area contributed by atoms with Gasteiger partial charge in [0.1, 0.15) is 23.2 Å². The molecule has 4 rings (SSSR count). The van der Waals surface area contributed by atoms with Gasteiger partial charge in [0.25, 0.3) is 0 Å². The zero-order valence-corrected chi connectivity index (χ0v) is 17.5. The minimum absolute atomic E-state index is 0.218. The maximum atomic E-state index is 14.8. The second kappa shape index (κ2) is 8.90. The Morgan fingerprint density at radius 3 is 2.43 bits per heavy atom. The molecule has 0 aliphatic heterocycles. The van der Waals surface area contributed by atoms with Crippen LogP contribution in [0.2, 0.25) is 5.02 Å². The zero-order valence-electron chi connectivity index (χ0n) is 15.9. The fraction of sp³-hybridized carbons (Fsp3) is 0.0870. The number of nitrogens with zero attached hydrogens (tertiary/aromatic N) is 2. The number of imidazole rings is 1. The molecule has 3 aromatic carbocycles. The third-order valence-electron chi connectivity index (χ3n) is 4.56. The molecular formula is C23H17ClF2N2OS. The van der Waals surface area contributed by atoms with Crippen LogP contribution in [0.1, 0.15) is 16.6 Å². The summed E-state index contributed by atoms with van der Waals surface area (Å²) in [6, 6.07) is 18.1. The van der Waals surface area contributed by atoms with Crippen LogP contribution in [-0.2, 0) is 0 Å². The van der Waals surface area contributed by atoms with E-state index >= 15 is 0 Å². The number of hydrogen-bond acceptors (Lipinski definition) is 3. The fourth-order valence-electron chi connectivity index (χ4n) is 3.09. The monoisotopic (exact) mass is 442 g/mol. The summed E-state index contributed by atoms with van der Waals surface area (Å²) < 4.78 is 35.8. The number of ether oxygens (including phenoxy) is 1. The van der Waals surface area contributed by atoms with Crippen LogP contribution in [0.3, 0.4) is 0 Å². The molecule has 7 heteroatoms. The number of halogens is 3. The molecule has 0 N–H and O–H groups in total. The summed E-state index contributed by atoms with van der Waals surface area (Å²) in [7, 11) is 1.60. The van der Waals surface area contributed by atoms with Crippen molar-refractivity contribution in [1.29, 1.82) is 0 Å². The maximum Gasteiger partial charge on any atom is 0.131 e. The van der Waals surface area contributed by atoms with Gasteiger partial charge in [0.15, 0.2) is 0 Å². The van der Waals surface area contributed by atoms with E-state index in [4.69, 9.17) is 16.3 Å². The van der Waals surface area contributed by atoms with Crippen LogP contribution in [0, 0.1) is 11.6 Å². The predicted molar refractivity (Wildman–Crippen MR) is 116 cm³/mol. The molecule has 0 saturated carbocycles. The van der Waals surface area contributed by atoms with Gasteiger partial charge >= 0.3 is 0 Å². The van der Waals surface area contributed by atoms with E-state index < -0.39 is 16.9 Å². The van der Waals surface area contributed by atoms with Crippen molar-refractivity contribution in [3.8, 4) is 11.4 Å². The first-order valence-electron chi connectivity index (χ1n) is 9.10. The number of hydrogen-bond donors (Lipinski definition) is 0. The van der Waals surface area contributed by atoms with Crippen molar-refractivity contribution < 1.29 is 13.5 Å². The quantitative estimate of drug-likeness (QED) is 0.311. The summed E-state index contributed by atoms with van der Waals surface area (Å²) in [6.45, 7) is 0. The highest BCUT2D eigenvalue weighted by molar-refractivity contribution is 7.99. The van der Waals surface area contributed by atoms with E-state index in [0.717, 1.165) is 28.5 Å². The van der Waals surface area contributed by atoms with Crippen LogP contribution in [0.25, 0.3) is 5.69 Å². The molecule has 0 amide bonds. The van der Waals surface area contributed by atoms with Crippen molar-refractivity contribution in [2.24, 2.45) is 0 Å². The van der Waals surface area contributed by atoms with Gasteiger partial charge in [-0.25, -0.2) is 13.8 Å². The molecule has 4 aromatic rings. The summed E-state index contributed by atoms with van der Waals surface area (Å²) >= 11 is 7.37. The average molecular weight is 443 g/mol. The van der Waals surface area contributed by atoms with Gasteiger partial charge in [-0.2, -0.15) is 0 Å². The van der Waals surface area contributed by atoms with E-state index in [-0.39, 0.29) is 5.56 Å². The normalized spacial score (nSPS) is 12.0. The molecule has 0 radical (unpaired) electrons. The molecule has 152 valence electrons. The Kier molecular flexibility index (Phi) is 6.06. The summed E-state index contributed by atoms with van der Waals surface area (Å²) in [4.78, 5) is 5.35. The number of methoxy groups -OCH3 is 1. The van der Waals surface area contributed by atoms with Crippen LogP contribution < -0.4 is 4.74 Å². The lowest BCUT2D eigenvalue weighted by Gasteiger charge is -2.19.